The number of nitrogens with one attached hydrogen (secondary N) is 1. The predicted molar refractivity (Wildman–Crippen MR) is 83.7 cm³/mol. The number of ether oxygens (including phenoxy) is 1. The van der Waals surface area contributed by atoms with Gasteiger partial charge in [0.25, 0.3) is 0 Å². The van der Waals surface area contributed by atoms with Crippen LogP contribution in [0.3, 0.4) is 0 Å². The standard InChI is InChI=1S/C14H17BrN2OS/c1-8-4-5-11(18-3)10(6-8)13(17-16)12-7-9(2)14(15)19-12/h4-7,13,17H,16H2,1-3H3. The lowest BCUT2D eigenvalue weighted by Gasteiger charge is -2.18. The number of hydrogen-bond donors (Lipinski definition) is 2. The largest absolute Gasteiger partial charge is 0.496 e. The summed E-state index contributed by atoms with van der Waals surface area (Å²) < 4.78 is 6.57. The van der Waals surface area contributed by atoms with E-state index in [1.165, 1.54) is 11.1 Å². The van der Waals surface area contributed by atoms with Gasteiger partial charge in [-0.05, 0) is 47.5 Å². The highest BCUT2D eigenvalue weighted by atomic mass is 79.9. The van der Waals surface area contributed by atoms with Crippen LogP contribution in [0.1, 0.15) is 27.6 Å². The van der Waals surface area contributed by atoms with Crippen LogP contribution in [-0.2, 0) is 0 Å². The van der Waals surface area contributed by atoms with Gasteiger partial charge in [0, 0.05) is 10.4 Å². The molecule has 0 saturated heterocycles. The minimum atomic E-state index is -0.0650. The number of methoxy groups -OCH3 is 1. The average molecular weight is 341 g/mol. The fourth-order valence-electron chi connectivity index (χ4n) is 2.03. The minimum absolute atomic E-state index is 0.0650. The van der Waals surface area contributed by atoms with E-state index in [2.05, 4.69) is 47.3 Å². The van der Waals surface area contributed by atoms with Crippen molar-refractivity contribution in [3.05, 3.63) is 49.6 Å². The van der Waals surface area contributed by atoms with Crippen LogP contribution in [0.2, 0.25) is 0 Å². The molecule has 2 rings (SSSR count). The van der Waals surface area contributed by atoms with Crippen molar-refractivity contribution in [1.82, 2.24) is 5.43 Å². The van der Waals surface area contributed by atoms with Gasteiger partial charge < -0.3 is 4.74 Å². The smallest absolute Gasteiger partial charge is 0.124 e. The summed E-state index contributed by atoms with van der Waals surface area (Å²) in [5, 5.41) is 0. The van der Waals surface area contributed by atoms with Crippen LogP contribution in [0.4, 0.5) is 0 Å². The highest BCUT2D eigenvalue weighted by Crippen LogP contribution is 2.37. The molecule has 0 amide bonds. The molecule has 0 aliphatic rings. The summed E-state index contributed by atoms with van der Waals surface area (Å²) in [6.45, 7) is 4.14. The van der Waals surface area contributed by atoms with Gasteiger partial charge in [-0.25, -0.2) is 5.43 Å². The maximum Gasteiger partial charge on any atom is 0.124 e. The molecule has 102 valence electrons. The van der Waals surface area contributed by atoms with Crippen molar-refractivity contribution in [2.24, 2.45) is 5.84 Å². The maximum absolute atomic E-state index is 5.76. The van der Waals surface area contributed by atoms with Gasteiger partial charge >= 0.3 is 0 Å². The first-order valence-corrected chi connectivity index (χ1v) is 7.54. The van der Waals surface area contributed by atoms with E-state index in [4.69, 9.17) is 10.6 Å². The van der Waals surface area contributed by atoms with Gasteiger partial charge in [0.15, 0.2) is 0 Å². The molecule has 1 heterocycles. The van der Waals surface area contributed by atoms with Gasteiger partial charge in [-0.3, -0.25) is 5.84 Å². The maximum atomic E-state index is 5.76. The molecular weight excluding hydrogens is 324 g/mol. The summed E-state index contributed by atoms with van der Waals surface area (Å²) in [5.74, 6) is 6.60. The molecule has 3 N–H and O–H groups in total. The Labute approximate surface area is 125 Å². The summed E-state index contributed by atoms with van der Waals surface area (Å²) in [6.07, 6.45) is 0. The van der Waals surface area contributed by atoms with E-state index in [0.717, 1.165) is 20.0 Å². The zero-order valence-corrected chi connectivity index (χ0v) is 13.6. The zero-order chi connectivity index (χ0) is 14.0. The van der Waals surface area contributed by atoms with Crippen molar-refractivity contribution < 1.29 is 4.74 Å². The van der Waals surface area contributed by atoms with Crippen molar-refractivity contribution in [3.8, 4) is 5.75 Å². The first kappa shape index (κ1) is 14.5. The number of rotatable bonds is 4. The quantitative estimate of drug-likeness (QED) is 0.659. The molecule has 0 spiro atoms. The SMILES string of the molecule is COc1ccc(C)cc1C(NN)c1cc(C)c(Br)s1. The predicted octanol–water partition coefficient (Wildman–Crippen LogP) is 3.69. The average Bonchev–Trinajstić information content (AvgIpc) is 2.70. The first-order valence-electron chi connectivity index (χ1n) is 5.93. The lowest BCUT2D eigenvalue weighted by Crippen LogP contribution is -2.28. The van der Waals surface area contributed by atoms with Crippen molar-refractivity contribution in [3.63, 3.8) is 0 Å². The highest BCUT2D eigenvalue weighted by Gasteiger charge is 2.20. The van der Waals surface area contributed by atoms with Crippen molar-refractivity contribution in [1.29, 1.82) is 0 Å². The Morgan fingerprint density at radius 1 is 1.32 bits per heavy atom. The third-order valence-corrected chi connectivity index (χ3v) is 5.23. The molecule has 0 radical (unpaired) electrons. The Hall–Kier alpha value is -0.880. The van der Waals surface area contributed by atoms with Crippen molar-refractivity contribution in [2.45, 2.75) is 19.9 Å². The summed E-state index contributed by atoms with van der Waals surface area (Å²) in [7, 11) is 1.68. The number of halogens is 1. The molecule has 1 aromatic carbocycles. The number of hydrazine groups is 1. The molecule has 2 aromatic rings. The highest BCUT2D eigenvalue weighted by molar-refractivity contribution is 9.11. The van der Waals surface area contributed by atoms with Gasteiger partial charge in [0.1, 0.15) is 5.75 Å². The van der Waals surface area contributed by atoms with Gasteiger partial charge in [-0.2, -0.15) is 0 Å². The second-order valence-electron chi connectivity index (χ2n) is 4.45. The van der Waals surface area contributed by atoms with Crippen LogP contribution in [0.15, 0.2) is 28.1 Å². The van der Waals surface area contributed by atoms with Crippen LogP contribution in [-0.4, -0.2) is 7.11 Å². The molecule has 0 aliphatic carbocycles. The number of nitrogens with two attached hydrogens (primary N) is 1. The molecule has 0 saturated carbocycles. The second kappa shape index (κ2) is 6.05. The van der Waals surface area contributed by atoms with E-state index in [-0.39, 0.29) is 6.04 Å². The fraction of sp³-hybridized carbons (Fsp3) is 0.286. The van der Waals surface area contributed by atoms with E-state index < -0.39 is 0 Å². The van der Waals surface area contributed by atoms with E-state index in [0.29, 0.717) is 0 Å². The molecular formula is C14H17BrN2OS. The topological polar surface area (TPSA) is 47.3 Å². The van der Waals surface area contributed by atoms with Crippen molar-refractivity contribution in [2.75, 3.05) is 7.11 Å². The third-order valence-electron chi connectivity index (χ3n) is 3.02. The van der Waals surface area contributed by atoms with E-state index in [1.54, 1.807) is 18.4 Å². The number of aryl methyl sites for hydroxylation is 2. The molecule has 0 fully saturated rings. The molecule has 0 bridgehead atoms. The van der Waals surface area contributed by atoms with Gasteiger partial charge in [0.2, 0.25) is 0 Å². The zero-order valence-electron chi connectivity index (χ0n) is 11.2. The first-order chi connectivity index (χ1) is 9.06. The monoisotopic (exact) mass is 340 g/mol. The summed E-state index contributed by atoms with van der Waals surface area (Å²) in [5.41, 5.74) is 6.34. The Bertz CT molecular complexity index is 563. The Balaban J connectivity index is 2.50. The minimum Gasteiger partial charge on any atom is -0.496 e. The Morgan fingerprint density at radius 3 is 2.58 bits per heavy atom. The Kier molecular flexibility index (Phi) is 4.62. The Morgan fingerprint density at radius 2 is 2.05 bits per heavy atom. The summed E-state index contributed by atoms with van der Waals surface area (Å²) in [4.78, 5) is 1.16. The molecule has 1 aromatic heterocycles. The summed E-state index contributed by atoms with van der Waals surface area (Å²) in [6, 6.07) is 8.19. The summed E-state index contributed by atoms with van der Waals surface area (Å²) >= 11 is 5.24. The molecule has 1 atom stereocenters. The second-order valence-corrected chi connectivity index (χ2v) is 6.85. The number of thiophene rings is 1. The molecule has 3 nitrogen and oxygen atoms in total. The molecule has 5 heteroatoms. The van der Waals surface area contributed by atoms with Crippen LogP contribution in [0, 0.1) is 13.8 Å². The van der Waals surface area contributed by atoms with E-state index in [1.807, 2.05) is 12.1 Å². The van der Waals surface area contributed by atoms with E-state index in [9.17, 15) is 0 Å². The lowest BCUT2D eigenvalue weighted by atomic mass is 10.0. The molecule has 19 heavy (non-hydrogen) atoms. The number of benzene rings is 1. The van der Waals surface area contributed by atoms with Crippen LogP contribution < -0.4 is 16.0 Å². The van der Waals surface area contributed by atoms with Crippen LogP contribution >= 0.6 is 27.3 Å². The van der Waals surface area contributed by atoms with Gasteiger partial charge in [0.05, 0.1) is 16.9 Å². The van der Waals surface area contributed by atoms with Gasteiger partial charge in [-0.1, -0.05) is 17.7 Å². The van der Waals surface area contributed by atoms with Crippen molar-refractivity contribution >= 4 is 27.3 Å². The van der Waals surface area contributed by atoms with Gasteiger partial charge in [-0.15, -0.1) is 11.3 Å². The van der Waals surface area contributed by atoms with Crippen LogP contribution in [0.5, 0.6) is 5.75 Å². The van der Waals surface area contributed by atoms with E-state index >= 15 is 0 Å². The third kappa shape index (κ3) is 3.00. The normalized spacial score (nSPS) is 12.5. The lowest BCUT2D eigenvalue weighted by molar-refractivity contribution is 0.404. The number of hydrogen-bond acceptors (Lipinski definition) is 4. The van der Waals surface area contributed by atoms with Crippen LogP contribution in [0.25, 0.3) is 0 Å². The molecule has 0 aliphatic heterocycles. The molecule has 1 unspecified atom stereocenters. The fourth-order valence-corrected chi connectivity index (χ4v) is 3.68.